The second-order valence-corrected chi connectivity index (χ2v) is 3.31. The van der Waals surface area contributed by atoms with Crippen LogP contribution in [0.3, 0.4) is 0 Å². The molecule has 1 aromatic carbocycles. The lowest BCUT2D eigenvalue weighted by Gasteiger charge is -2.15. The molecule has 0 aliphatic heterocycles. The van der Waals surface area contributed by atoms with Crippen molar-refractivity contribution in [2.24, 2.45) is 5.73 Å². The Bertz CT molecular complexity index is 315. The first-order valence-electron chi connectivity index (χ1n) is 4.85. The van der Waals surface area contributed by atoms with Gasteiger partial charge in [0.1, 0.15) is 6.10 Å². The molecule has 0 saturated heterocycles. The number of aliphatic hydroxyl groups is 1. The molecule has 0 fully saturated rings. The highest BCUT2D eigenvalue weighted by molar-refractivity contribution is 5.42. The van der Waals surface area contributed by atoms with E-state index in [0.29, 0.717) is 18.0 Å². The van der Waals surface area contributed by atoms with Crippen LogP contribution in [0.4, 0.5) is 0 Å². The van der Waals surface area contributed by atoms with Crippen LogP contribution in [-0.2, 0) is 6.61 Å². The van der Waals surface area contributed by atoms with Gasteiger partial charge in [-0.1, -0.05) is 6.07 Å². The number of methoxy groups -OCH3 is 1. The fraction of sp³-hybridized carbons (Fsp3) is 0.455. The molecule has 0 spiro atoms. The van der Waals surface area contributed by atoms with Gasteiger partial charge in [-0.25, -0.2) is 0 Å². The number of nitrogens with two attached hydrogens (primary N) is 1. The van der Waals surface area contributed by atoms with Crippen molar-refractivity contribution in [1.82, 2.24) is 0 Å². The second-order valence-electron chi connectivity index (χ2n) is 3.31. The van der Waals surface area contributed by atoms with Gasteiger partial charge in [-0.15, -0.1) is 0 Å². The van der Waals surface area contributed by atoms with Gasteiger partial charge in [-0.2, -0.15) is 0 Å². The van der Waals surface area contributed by atoms with Crippen LogP contribution < -0.4 is 15.2 Å². The van der Waals surface area contributed by atoms with E-state index in [-0.39, 0.29) is 12.7 Å². The lowest BCUT2D eigenvalue weighted by Crippen LogP contribution is -2.23. The first kappa shape index (κ1) is 11.8. The van der Waals surface area contributed by atoms with Gasteiger partial charge in [0.15, 0.2) is 11.5 Å². The largest absolute Gasteiger partial charge is 0.493 e. The summed E-state index contributed by atoms with van der Waals surface area (Å²) < 4.78 is 10.7. The Kier molecular flexibility index (Phi) is 4.39. The number of hydrogen-bond acceptors (Lipinski definition) is 4. The third-order valence-corrected chi connectivity index (χ3v) is 2.07. The van der Waals surface area contributed by atoms with E-state index in [0.717, 1.165) is 5.56 Å². The smallest absolute Gasteiger partial charge is 0.161 e. The first-order chi connectivity index (χ1) is 7.21. The maximum atomic E-state index is 8.96. The predicted octanol–water partition coefficient (Wildman–Crippen LogP) is 0.913. The van der Waals surface area contributed by atoms with Gasteiger partial charge < -0.3 is 20.3 Å². The topological polar surface area (TPSA) is 64.7 Å². The van der Waals surface area contributed by atoms with Crippen molar-refractivity contribution in [1.29, 1.82) is 0 Å². The van der Waals surface area contributed by atoms with E-state index in [2.05, 4.69) is 0 Å². The molecule has 0 saturated carbocycles. The highest BCUT2D eigenvalue weighted by Gasteiger charge is 2.08. The van der Waals surface area contributed by atoms with Crippen LogP contribution in [0.1, 0.15) is 12.5 Å². The summed E-state index contributed by atoms with van der Waals surface area (Å²) in [4.78, 5) is 0. The Labute approximate surface area is 89.6 Å². The normalized spacial score (nSPS) is 12.3. The van der Waals surface area contributed by atoms with Gasteiger partial charge in [0.25, 0.3) is 0 Å². The van der Waals surface area contributed by atoms with Gasteiger partial charge in [-0.05, 0) is 24.6 Å². The van der Waals surface area contributed by atoms with Crippen LogP contribution in [0, 0.1) is 0 Å². The van der Waals surface area contributed by atoms with Gasteiger partial charge in [0, 0.05) is 6.54 Å². The zero-order valence-electron chi connectivity index (χ0n) is 9.06. The average molecular weight is 211 g/mol. The molecule has 4 nitrogen and oxygen atoms in total. The van der Waals surface area contributed by atoms with Crippen molar-refractivity contribution in [3.8, 4) is 11.5 Å². The summed E-state index contributed by atoms with van der Waals surface area (Å²) in [5, 5.41) is 8.96. The standard InChI is InChI=1S/C11H17NO3/c1-8(6-12)15-10-4-3-9(7-13)5-11(10)14-2/h3-5,8,13H,6-7,12H2,1-2H3. The molecule has 1 atom stereocenters. The van der Waals surface area contributed by atoms with Gasteiger partial charge >= 0.3 is 0 Å². The highest BCUT2D eigenvalue weighted by Crippen LogP contribution is 2.28. The number of hydrogen-bond donors (Lipinski definition) is 2. The Hall–Kier alpha value is -1.26. The predicted molar refractivity (Wildman–Crippen MR) is 58.1 cm³/mol. The summed E-state index contributed by atoms with van der Waals surface area (Å²) in [6.45, 7) is 2.33. The fourth-order valence-corrected chi connectivity index (χ4v) is 1.17. The molecule has 4 heteroatoms. The van der Waals surface area contributed by atoms with Crippen molar-refractivity contribution in [3.63, 3.8) is 0 Å². The van der Waals surface area contributed by atoms with E-state index in [9.17, 15) is 0 Å². The minimum Gasteiger partial charge on any atom is -0.493 e. The molecule has 1 aromatic rings. The molecule has 1 unspecified atom stereocenters. The molecule has 15 heavy (non-hydrogen) atoms. The van der Waals surface area contributed by atoms with E-state index in [1.807, 2.05) is 6.92 Å². The lowest BCUT2D eigenvalue weighted by atomic mass is 10.2. The molecule has 0 bridgehead atoms. The minimum atomic E-state index is -0.0566. The summed E-state index contributed by atoms with van der Waals surface area (Å²) in [5.74, 6) is 1.26. The zero-order chi connectivity index (χ0) is 11.3. The van der Waals surface area contributed by atoms with Crippen LogP contribution in [0.15, 0.2) is 18.2 Å². The number of benzene rings is 1. The molecule has 0 heterocycles. The van der Waals surface area contributed by atoms with Gasteiger partial charge in [0.05, 0.1) is 13.7 Å². The van der Waals surface area contributed by atoms with E-state index < -0.39 is 0 Å². The fourth-order valence-electron chi connectivity index (χ4n) is 1.17. The average Bonchev–Trinajstić information content (AvgIpc) is 2.29. The second kappa shape index (κ2) is 5.58. The molecule has 0 aliphatic rings. The highest BCUT2D eigenvalue weighted by atomic mass is 16.5. The molecule has 0 amide bonds. The van der Waals surface area contributed by atoms with Gasteiger partial charge in [0.2, 0.25) is 0 Å². The third kappa shape index (κ3) is 3.11. The number of rotatable bonds is 5. The molecular weight excluding hydrogens is 194 g/mol. The summed E-state index contributed by atoms with van der Waals surface area (Å²) in [6.07, 6.45) is -0.0566. The van der Waals surface area contributed by atoms with Crippen molar-refractivity contribution < 1.29 is 14.6 Å². The zero-order valence-corrected chi connectivity index (χ0v) is 9.06. The Balaban J connectivity index is 2.87. The maximum Gasteiger partial charge on any atom is 0.161 e. The third-order valence-electron chi connectivity index (χ3n) is 2.07. The van der Waals surface area contributed by atoms with E-state index in [1.165, 1.54) is 0 Å². The molecule has 0 aromatic heterocycles. The van der Waals surface area contributed by atoms with Crippen LogP contribution in [-0.4, -0.2) is 24.9 Å². The monoisotopic (exact) mass is 211 g/mol. The summed E-state index contributed by atoms with van der Waals surface area (Å²) >= 11 is 0. The number of ether oxygens (including phenoxy) is 2. The van der Waals surface area contributed by atoms with Crippen LogP contribution >= 0.6 is 0 Å². The summed E-state index contributed by atoms with van der Waals surface area (Å²) in [5.41, 5.74) is 6.25. The minimum absolute atomic E-state index is 0.0108. The number of aliphatic hydroxyl groups excluding tert-OH is 1. The van der Waals surface area contributed by atoms with Crippen molar-refractivity contribution in [2.75, 3.05) is 13.7 Å². The van der Waals surface area contributed by atoms with Gasteiger partial charge in [-0.3, -0.25) is 0 Å². The van der Waals surface area contributed by atoms with Crippen molar-refractivity contribution in [2.45, 2.75) is 19.6 Å². The van der Waals surface area contributed by atoms with E-state index in [4.69, 9.17) is 20.3 Å². The maximum absolute atomic E-state index is 8.96. The summed E-state index contributed by atoms with van der Waals surface area (Å²) in [7, 11) is 1.57. The Morgan fingerprint density at radius 2 is 2.13 bits per heavy atom. The molecular formula is C11H17NO3. The summed E-state index contributed by atoms with van der Waals surface area (Å²) in [6, 6.07) is 5.32. The van der Waals surface area contributed by atoms with E-state index >= 15 is 0 Å². The first-order valence-corrected chi connectivity index (χ1v) is 4.85. The van der Waals surface area contributed by atoms with Crippen LogP contribution in [0.2, 0.25) is 0 Å². The molecule has 0 aliphatic carbocycles. The van der Waals surface area contributed by atoms with Crippen LogP contribution in [0.25, 0.3) is 0 Å². The Morgan fingerprint density at radius 1 is 1.40 bits per heavy atom. The van der Waals surface area contributed by atoms with Crippen molar-refractivity contribution >= 4 is 0 Å². The van der Waals surface area contributed by atoms with Crippen LogP contribution in [0.5, 0.6) is 11.5 Å². The van der Waals surface area contributed by atoms with Crippen molar-refractivity contribution in [3.05, 3.63) is 23.8 Å². The SMILES string of the molecule is COc1cc(CO)ccc1OC(C)CN. The molecule has 1 rings (SSSR count). The Morgan fingerprint density at radius 3 is 2.67 bits per heavy atom. The molecule has 0 radical (unpaired) electrons. The lowest BCUT2D eigenvalue weighted by molar-refractivity contribution is 0.218. The molecule has 84 valence electrons. The van der Waals surface area contributed by atoms with E-state index in [1.54, 1.807) is 25.3 Å². The molecule has 3 N–H and O–H groups in total. The quantitative estimate of drug-likeness (QED) is 0.760.